The standard InChI is InChI=1S/C11H22N2O2/c1-7(2)10(12)11(14)13-9(6-15-3)8-4-5-8/h7-10H,4-6,12H2,1-3H3,(H,13,14)/t9?,10-/m1/s1. The first kappa shape index (κ1) is 12.5. The summed E-state index contributed by atoms with van der Waals surface area (Å²) in [6, 6.07) is -0.268. The summed E-state index contributed by atoms with van der Waals surface area (Å²) in [5, 5.41) is 2.97. The number of hydrogen-bond acceptors (Lipinski definition) is 3. The lowest BCUT2D eigenvalue weighted by atomic mass is 10.0. The molecule has 1 aliphatic carbocycles. The molecule has 1 fully saturated rings. The predicted molar refractivity (Wildman–Crippen MR) is 59.3 cm³/mol. The second-order valence-corrected chi connectivity index (χ2v) is 4.68. The van der Waals surface area contributed by atoms with Gasteiger partial charge in [0.1, 0.15) is 0 Å². The molecule has 3 N–H and O–H groups in total. The second kappa shape index (κ2) is 5.47. The highest BCUT2D eigenvalue weighted by Crippen LogP contribution is 2.32. The average Bonchev–Trinajstić information content (AvgIpc) is 2.98. The third kappa shape index (κ3) is 3.80. The molecule has 15 heavy (non-hydrogen) atoms. The molecular formula is C11H22N2O2. The number of rotatable bonds is 6. The Morgan fingerprint density at radius 1 is 1.53 bits per heavy atom. The lowest BCUT2D eigenvalue weighted by Crippen LogP contribution is -2.49. The van der Waals surface area contributed by atoms with Crippen LogP contribution in [0.15, 0.2) is 0 Å². The smallest absolute Gasteiger partial charge is 0.237 e. The van der Waals surface area contributed by atoms with Gasteiger partial charge in [-0.2, -0.15) is 0 Å². The lowest BCUT2D eigenvalue weighted by molar-refractivity contribution is -0.124. The van der Waals surface area contributed by atoms with Gasteiger partial charge in [0, 0.05) is 7.11 Å². The van der Waals surface area contributed by atoms with Crippen LogP contribution < -0.4 is 11.1 Å². The topological polar surface area (TPSA) is 64.3 Å². The number of carbonyl (C=O) groups is 1. The molecule has 0 aromatic heterocycles. The first-order valence-electron chi connectivity index (χ1n) is 5.61. The van der Waals surface area contributed by atoms with Crippen molar-refractivity contribution in [3.63, 3.8) is 0 Å². The number of ether oxygens (including phenoxy) is 1. The summed E-state index contributed by atoms with van der Waals surface area (Å²) in [4.78, 5) is 11.7. The van der Waals surface area contributed by atoms with E-state index in [9.17, 15) is 4.79 Å². The monoisotopic (exact) mass is 214 g/mol. The van der Waals surface area contributed by atoms with E-state index in [1.54, 1.807) is 7.11 Å². The van der Waals surface area contributed by atoms with Crippen molar-refractivity contribution in [2.75, 3.05) is 13.7 Å². The van der Waals surface area contributed by atoms with Gasteiger partial charge >= 0.3 is 0 Å². The zero-order valence-electron chi connectivity index (χ0n) is 9.82. The molecule has 4 nitrogen and oxygen atoms in total. The van der Waals surface area contributed by atoms with Crippen molar-refractivity contribution in [2.24, 2.45) is 17.6 Å². The zero-order valence-corrected chi connectivity index (χ0v) is 9.82. The van der Waals surface area contributed by atoms with E-state index in [0.29, 0.717) is 12.5 Å². The fourth-order valence-electron chi connectivity index (χ4n) is 1.56. The van der Waals surface area contributed by atoms with Crippen LogP contribution >= 0.6 is 0 Å². The molecule has 0 aromatic carbocycles. The van der Waals surface area contributed by atoms with Crippen LogP contribution in [0.3, 0.4) is 0 Å². The van der Waals surface area contributed by atoms with Gasteiger partial charge in [-0.1, -0.05) is 13.8 Å². The van der Waals surface area contributed by atoms with Crippen LogP contribution in [-0.2, 0) is 9.53 Å². The SMILES string of the molecule is COCC(NC(=O)[C@H](N)C(C)C)C1CC1. The molecule has 0 spiro atoms. The Kier molecular flexibility index (Phi) is 4.54. The molecule has 1 unspecified atom stereocenters. The molecule has 1 amide bonds. The number of methoxy groups -OCH3 is 1. The summed E-state index contributed by atoms with van der Waals surface area (Å²) in [7, 11) is 1.66. The maximum Gasteiger partial charge on any atom is 0.237 e. The van der Waals surface area contributed by atoms with Crippen molar-refractivity contribution >= 4 is 5.91 Å². The molecule has 0 aliphatic heterocycles. The second-order valence-electron chi connectivity index (χ2n) is 4.68. The van der Waals surface area contributed by atoms with Gasteiger partial charge in [-0.05, 0) is 24.7 Å². The van der Waals surface area contributed by atoms with E-state index >= 15 is 0 Å². The third-order valence-corrected chi connectivity index (χ3v) is 2.89. The van der Waals surface area contributed by atoms with Gasteiger partial charge in [0.25, 0.3) is 0 Å². The van der Waals surface area contributed by atoms with Crippen molar-refractivity contribution in [2.45, 2.75) is 38.8 Å². The highest BCUT2D eigenvalue weighted by atomic mass is 16.5. The predicted octanol–water partition coefficient (Wildman–Crippen LogP) is 0.511. The molecule has 4 heteroatoms. The molecule has 0 heterocycles. The summed E-state index contributed by atoms with van der Waals surface area (Å²) in [5.74, 6) is 0.708. The van der Waals surface area contributed by atoms with E-state index in [1.165, 1.54) is 12.8 Å². The fourth-order valence-corrected chi connectivity index (χ4v) is 1.56. The normalized spacial score (nSPS) is 20.1. The van der Waals surface area contributed by atoms with Gasteiger partial charge in [0.05, 0.1) is 18.7 Å². The fraction of sp³-hybridized carbons (Fsp3) is 0.909. The summed E-state index contributed by atoms with van der Waals surface area (Å²) in [6.07, 6.45) is 2.37. The van der Waals surface area contributed by atoms with Gasteiger partial charge in [0.15, 0.2) is 0 Å². The Balaban J connectivity index is 2.39. The molecule has 1 rings (SSSR count). The van der Waals surface area contributed by atoms with E-state index in [-0.39, 0.29) is 17.9 Å². The number of amides is 1. The van der Waals surface area contributed by atoms with Gasteiger partial charge in [-0.15, -0.1) is 0 Å². The molecule has 0 aromatic rings. The van der Waals surface area contributed by atoms with Crippen LogP contribution in [-0.4, -0.2) is 31.7 Å². The first-order chi connectivity index (χ1) is 7.06. The molecule has 88 valence electrons. The van der Waals surface area contributed by atoms with Crippen LogP contribution in [0.2, 0.25) is 0 Å². The van der Waals surface area contributed by atoms with Crippen molar-refractivity contribution in [1.82, 2.24) is 5.32 Å². The Labute approximate surface area is 91.5 Å². The first-order valence-corrected chi connectivity index (χ1v) is 5.61. The summed E-state index contributed by atoms with van der Waals surface area (Å²) >= 11 is 0. The van der Waals surface area contributed by atoms with Crippen LogP contribution in [0.1, 0.15) is 26.7 Å². The van der Waals surface area contributed by atoms with Gasteiger partial charge in [0.2, 0.25) is 5.91 Å². The van der Waals surface area contributed by atoms with Gasteiger partial charge in [-0.25, -0.2) is 0 Å². The highest BCUT2D eigenvalue weighted by Gasteiger charge is 2.33. The van der Waals surface area contributed by atoms with Crippen LogP contribution in [0.4, 0.5) is 0 Å². The Bertz CT molecular complexity index is 215. The minimum Gasteiger partial charge on any atom is -0.383 e. The van der Waals surface area contributed by atoms with Crippen molar-refractivity contribution < 1.29 is 9.53 Å². The number of nitrogens with one attached hydrogen (secondary N) is 1. The minimum atomic E-state index is -0.414. The van der Waals surface area contributed by atoms with Crippen molar-refractivity contribution in [3.8, 4) is 0 Å². The summed E-state index contributed by atoms with van der Waals surface area (Å²) in [6.45, 7) is 4.49. The van der Waals surface area contributed by atoms with Crippen LogP contribution in [0.5, 0.6) is 0 Å². The third-order valence-electron chi connectivity index (χ3n) is 2.89. The Morgan fingerprint density at radius 2 is 2.13 bits per heavy atom. The van der Waals surface area contributed by atoms with E-state index in [4.69, 9.17) is 10.5 Å². The Hall–Kier alpha value is -0.610. The summed E-state index contributed by atoms with van der Waals surface area (Å²) in [5.41, 5.74) is 5.77. The molecule has 1 saturated carbocycles. The number of carbonyl (C=O) groups excluding carboxylic acids is 1. The quantitative estimate of drug-likeness (QED) is 0.677. The van der Waals surface area contributed by atoms with Gasteiger partial charge in [-0.3, -0.25) is 4.79 Å². The zero-order chi connectivity index (χ0) is 11.4. The maximum atomic E-state index is 11.7. The van der Waals surface area contributed by atoms with E-state index in [2.05, 4.69) is 5.32 Å². The van der Waals surface area contributed by atoms with Gasteiger partial charge < -0.3 is 15.8 Å². The molecule has 2 atom stereocenters. The number of nitrogens with two attached hydrogens (primary N) is 1. The minimum absolute atomic E-state index is 0.0565. The lowest BCUT2D eigenvalue weighted by Gasteiger charge is -2.21. The molecule has 1 aliphatic rings. The maximum absolute atomic E-state index is 11.7. The van der Waals surface area contributed by atoms with Crippen molar-refractivity contribution in [1.29, 1.82) is 0 Å². The van der Waals surface area contributed by atoms with Crippen LogP contribution in [0.25, 0.3) is 0 Å². The Morgan fingerprint density at radius 3 is 2.53 bits per heavy atom. The van der Waals surface area contributed by atoms with E-state index < -0.39 is 6.04 Å². The van der Waals surface area contributed by atoms with Crippen LogP contribution in [0, 0.1) is 11.8 Å². The largest absolute Gasteiger partial charge is 0.383 e. The van der Waals surface area contributed by atoms with Crippen molar-refractivity contribution in [3.05, 3.63) is 0 Å². The number of hydrogen-bond donors (Lipinski definition) is 2. The molecule has 0 saturated heterocycles. The molecule has 0 bridgehead atoms. The highest BCUT2D eigenvalue weighted by molar-refractivity contribution is 5.82. The summed E-state index contributed by atoms with van der Waals surface area (Å²) < 4.78 is 5.09. The molecular weight excluding hydrogens is 192 g/mol. The van der Waals surface area contributed by atoms with E-state index in [1.807, 2.05) is 13.8 Å². The average molecular weight is 214 g/mol. The van der Waals surface area contributed by atoms with E-state index in [0.717, 1.165) is 0 Å². The molecule has 0 radical (unpaired) electrons.